The van der Waals surface area contributed by atoms with E-state index in [2.05, 4.69) is 45.0 Å². The first-order valence-corrected chi connectivity index (χ1v) is 6.75. The van der Waals surface area contributed by atoms with Gasteiger partial charge >= 0.3 is 0 Å². The van der Waals surface area contributed by atoms with Crippen LogP contribution in [0, 0.1) is 11.3 Å². The molecule has 0 radical (unpaired) electrons. The SMILES string of the molecule is COCCCN(C)CC(C)(C)CNCC(C)C. The first kappa shape index (κ1) is 16.9. The molecule has 0 atom stereocenters. The smallest absolute Gasteiger partial charge is 0.0474 e. The second-order valence-electron chi connectivity index (χ2n) is 6.27. The molecule has 0 saturated carbocycles. The Labute approximate surface area is 108 Å². The summed E-state index contributed by atoms with van der Waals surface area (Å²) >= 11 is 0. The molecule has 3 heteroatoms. The van der Waals surface area contributed by atoms with Gasteiger partial charge in [-0.3, -0.25) is 0 Å². The molecule has 0 aliphatic heterocycles. The minimum atomic E-state index is 0.330. The van der Waals surface area contributed by atoms with E-state index in [1.807, 2.05) is 0 Å². The fourth-order valence-electron chi connectivity index (χ4n) is 2.04. The maximum atomic E-state index is 5.07. The Morgan fingerprint density at radius 3 is 2.47 bits per heavy atom. The predicted octanol–water partition coefficient (Wildman–Crippen LogP) is 2.23. The van der Waals surface area contributed by atoms with Gasteiger partial charge in [0, 0.05) is 33.4 Å². The van der Waals surface area contributed by atoms with Gasteiger partial charge < -0.3 is 15.0 Å². The third-order valence-electron chi connectivity index (χ3n) is 2.74. The normalized spacial score (nSPS) is 12.7. The number of ether oxygens (including phenoxy) is 1. The van der Waals surface area contributed by atoms with E-state index in [0.717, 1.165) is 45.1 Å². The molecule has 0 fully saturated rings. The highest BCUT2D eigenvalue weighted by atomic mass is 16.5. The van der Waals surface area contributed by atoms with Crippen LogP contribution < -0.4 is 5.32 Å². The van der Waals surface area contributed by atoms with Gasteiger partial charge in [-0.2, -0.15) is 0 Å². The minimum absolute atomic E-state index is 0.330. The van der Waals surface area contributed by atoms with E-state index in [4.69, 9.17) is 4.74 Å². The van der Waals surface area contributed by atoms with Crippen molar-refractivity contribution in [1.82, 2.24) is 10.2 Å². The van der Waals surface area contributed by atoms with Crippen molar-refractivity contribution in [3.8, 4) is 0 Å². The fraction of sp³-hybridized carbons (Fsp3) is 1.00. The molecule has 0 aliphatic rings. The number of hydrogen-bond donors (Lipinski definition) is 1. The molecule has 0 aromatic heterocycles. The standard InChI is InChI=1S/C14H32N2O/c1-13(2)10-15-11-14(3,4)12-16(5)8-7-9-17-6/h13,15H,7-12H2,1-6H3. The zero-order chi connectivity index (χ0) is 13.3. The van der Waals surface area contributed by atoms with Crippen LogP contribution in [-0.4, -0.2) is 51.8 Å². The van der Waals surface area contributed by atoms with Crippen molar-refractivity contribution in [2.75, 3.05) is 46.9 Å². The van der Waals surface area contributed by atoms with E-state index >= 15 is 0 Å². The highest BCUT2D eigenvalue weighted by molar-refractivity contribution is 4.75. The molecule has 0 aliphatic carbocycles. The largest absolute Gasteiger partial charge is 0.385 e. The molecular formula is C14H32N2O. The lowest BCUT2D eigenvalue weighted by Gasteiger charge is -2.31. The van der Waals surface area contributed by atoms with Gasteiger partial charge in [0.1, 0.15) is 0 Å². The van der Waals surface area contributed by atoms with E-state index in [9.17, 15) is 0 Å². The maximum Gasteiger partial charge on any atom is 0.0474 e. The van der Waals surface area contributed by atoms with Crippen LogP contribution in [0.25, 0.3) is 0 Å². The zero-order valence-electron chi connectivity index (χ0n) is 12.7. The lowest BCUT2D eigenvalue weighted by molar-refractivity contribution is 0.159. The molecule has 0 unspecified atom stereocenters. The average Bonchev–Trinajstić information content (AvgIpc) is 2.16. The molecule has 0 aromatic rings. The van der Waals surface area contributed by atoms with Gasteiger partial charge in [-0.15, -0.1) is 0 Å². The molecule has 0 bridgehead atoms. The number of methoxy groups -OCH3 is 1. The second kappa shape index (κ2) is 8.90. The van der Waals surface area contributed by atoms with E-state index in [1.54, 1.807) is 7.11 Å². The van der Waals surface area contributed by atoms with Crippen molar-refractivity contribution in [1.29, 1.82) is 0 Å². The molecule has 0 spiro atoms. The lowest BCUT2D eigenvalue weighted by atomic mass is 9.92. The van der Waals surface area contributed by atoms with E-state index in [-0.39, 0.29) is 0 Å². The average molecular weight is 244 g/mol. The highest BCUT2D eigenvalue weighted by Crippen LogP contribution is 2.15. The summed E-state index contributed by atoms with van der Waals surface area (Å²) in [6.07, 6.45) is 1.11. The number of rotatable bonds is 10. The van der Waals surface area contributed by atoms with E-state index in [1.165, 1.54) is 0 Å². The Bertz CT molecular complexity index is 181. The molecule has 0 heterocycles. The summed E-state index contributed by atoms with van der Waals surface area (Å²) < 4.78 is 5.07. The molecule has 104 valence electrons. The van der Waals surface area contributed by atoms with Gasteiger partial charge in [-0.05, 0) is 31.3 Å². The van der Waals surface area contributed by atoms with Crippen molar-refractivity contribution >= 4 is 0 Å². The summed E-state index contributed by atoms with van der Waals surface area (Å²) in [5.74, 6) is 0.727. The van der Waals surface area contributed by atoms with E-state index in [0.29, 0.717) is 5.41 Å². The Balaban J connectivity index is 3.73. The molecular weight excluding hydrogens is 212 g/mol. The van der Waals surface area contributed by atoms with Crippen LogP contribution in [0.15, 0.2) is 0 Å². The van der Waals surface area contributed by atoms with Crippen LogP contribution in [0.1, 0.15) is 34.1 Å². The van der Waals surface area contributed by atoms with Gasteiger partial charge in [0.05, 0.1) is 0 Å². The van der Waals surface area contributed by atoms with Crippen LogP contribution in [0.4, 0.5) is 0 Å². The lowest BCUT2D eigenvalue weighted by Crippen LogP contribution is -2.40. The molecule has 1 N–H and O–H groups in total. The summed E-state index contributed by atoms with van der Waals surface area (Å²) in [7, 11) is 3.96. The molecule has 0 amide bonds. The molecule has 0 aromatic carbocycles. The summed E-state index contributed by atoms with van der Waals surface area (Å²) in [6, 6.07) is 0. The van der Waals surface area contributed by atoms with Crippen LogP contribution in [0.3, 0.4) is 0 Å². The monoisotopic (exact) mass is 244 g/mol. The summed E-state index contributed by atoms with van der Waals surface area (Å²) in [5.41, 5.74) is 0.330. The maximum absolute atomic E-state index is 5.07. The van der Waals surface area contributed by atoms with Crippen LogP contribution >= 0.6 is 0 Å². The Morgan fingerprint density at radius 1 is 1.29 bits per heavy atom. The minimum Gasteiger partial charge on any atom is -0.385 e. The molecule has 0 rings (SSSR count). The van der Waals surface area contributed by atoms with E-state index < -0.39 is 0 Å². The Morgan fingerprint density at radius 2 is 1.94 bits per heavy atom. The quantitative estimate of drug-likeness (QED) is 0.596. The summed E-state index contributed by atoms with van der Waals surface area (Å²) in [6.45, 7) is 14.4. The molecule has 3 nitrogen and oxygen atoms in total. The molecule has 17 heavy (non-hydrogen) atoms. The van der Waals surface area contributed by atoms with Crippen LogP contribution in [-0.2, 0) is 4.74 Å². The van der Waals surface area contributed by atoms with Crippen molar-refractivity contribution in [3.63, 3.8) is 0 Å². The number of nitrogens with one attached hydrogen (secondary N) is 1. The topological polar surface area (TPSA) is 24.5 Å². The number of hydrogen-bond acceptors (Lipinski definition) is 3. The van der Waals surface area contributed by atoms with Gasteiger partial charge in [-0.1, -0.05) is 27.7 Å². The van der Waals surface area contributed by atoms with Gasteiger partial charge in [0.15, 0.2) is 0 Å². The first-order valence-electron chi connectivity index (χ1n) is 6.75. The Kier molecular flexibility index (Phi) is 8.83. The second-order valence-corrected chi connectivity index (χ2v) is 6.27. The molecule has 0 saturated heterocycles. The number of nitrogens with zero attached hydrogens (tertiary/aromatic N) is 1. The Hall–Kier alpha value is -0.120. The summed E-state index contributed by atoms with van der Waals surface area (Å²) in [4.78, 5) is 2.40. The highest BCUT2D eigenvalue weighted by Gasteiger charge is 2.19. The fourth-order valence-corrected chi connectivity index (χ4v) is 2.04. The van der Waals surface area contributed by atoms with Crippen LogP contribution in [0.2, 0.25) is 0 Å². The zero-order valence-corrected chi connectivity index (χ0v) is 12.7. The van der Waals surface area contributed by atoms with Gasteiger partial charge in [0.2, 0.25) is 0 Å². The third kappa shape index (κ3) is 10.7. The third-order valence-corrected chi connectivity index (χ3v) is 2.74. The predicted molar refractivity (Wildman–Crippen MR) is 75.5 cm³/mol. The van der Waals surface area contributed by atoms with Crippen molar-refractivity contribution in [2.24, 2.45) is 11.3 Å². The first-order chi connectivity index (χ1) is 7.87. The van der Waals surface area contributed by atoms with Crippen molar-refractivity contribution < 1.29 is 4.74 Å². The van der Waals surface area contributed by atoms with Crippen molar-refractivity contribution in [3.05, 3.63) is 0 Å². The van der Waals surface area contributed by atoms with Crippen LogP contribution in [0.5, 0.6) is 0 Å². The summed E-state index contributed by atoms with van der Waals surface area (Å²) in [5, 5.41) is 3.55. The van der Waals surface area contributed by atoms with Crippen molar-refractivity contribution in [2.45, 2.75) is 34.1 Å². The van der Waals surface area contributed by atoms with Gasteiger partial charge in [-0.25, -0.2) is 0 Å². The van der Waals surface area contributed by atoms with Gasteiger partial charge in [0.25, 0.3) is 0 Å².